The number of para-hydroxylation sites is 1. The van der Waals surface area contributed by atoms with Gasteiger partial charge in [-0.1, -0.05) is 18.2 Å². The SMILES string of the molecule is COc1cc2nc(CCn3c(=O)n4n(c3=O)[C@@H]3CC5=C(C(=O)C=C(C)C5=O)[C@@H](c5cccc(F)c5O)C3=CC4)c(=O)n(C)c2cc1OC. The highest BCUT2D eigenvalue weighted by molar-refractivity contribution is 6.23. The van der Waals surface area contributed by atoms with Crippen molar-refractivity contribution >= 4 is 22.6 Å². The predicted octanol–water partition coefficient (Wildman–Crippen LogP) is 2.23. The number of Topliss-reactive ketones (excluding diaryl/α,β-unsaturated/α-hetero) is 1. The van der Waals surface area contributed by atoms with E-state index in [2.05, 4.69) is 4.98 Å². The van der Waals surface area contributed by atoms with E-state index >= 15 is 0 Å². The van der Waals surface area contributed by atoms with E-state index in [0.29, 0.717) is 28.1 Å². The number of ether oxygens (including phenoxy) is 2. The minimum Gasteiger partial charge on any atom is -0.505 e. The second kappa shape index (κ2) is 11.2. The first kappa shape index (κ1) is 30.8. The number of hydrogen-bond acceptors (Lipinski definition) is 9. The van der Waals surface area contributed by atoms with Crippen LogP contribution in [0.2, 0.25) is 0 Å². The lowest BCUT2D eigenvalue weighted by molar-refractivity contribution is -0.116. The molecule has 4 aromatic rings. The summed E-state index contributed by atoms with van der Waals surface area (Å²) in [4.78, 5) is 72.3. The molecule has 0 spiro atoms. The van der Waals surface area contributed by atoms with Crippen LogP contribution in [0.1, 0.15) is 36.6 Å². The van der Waals surface area contributed by atoms with Crippen LogP contribution in [0.25, 0.3) is 11.0 Å². The van der Waals surface area contributed by atoms with Gasteiger partial charge in [-0.3, -0.25) is 14.4 Å². The van der Waals surface area contributed by atoms with Crippen molar-refractivity contribution in [1.29, 1.82) is 0 Å². The summed E-state index contributed by atoms with van der Waals surface area (Å²) in [7, 11) is 4.55. The fourth-order valence-corrected chi connectivity index (χ4v) is 7.10. The van der Waals surface area contributed by atoms with Crippen molar-refractivity contribution in [3.8, 4) is 17.2 Å². The van der Waals surface area contributed by atoms with Crippen molar-refractivity contribution in [2.75, 3.05) is 14.2 Å². The summed E-state index contributed by atoms with van der Waals surface area (Å²) in [6, 6.07) is 6.33. The Morgan fingerprint density at radius 1 is 1.04 bits per heavy atom. The summed E-state index contributed by atoms with van der Waals surface area (Å²) >= 11 is 0. The van der Waals surface area contributed by atoms with Gasteiger partial charge in [0.25, 0.3) is 5.56 Å². The third-order valence-electron chi connectivity index (χ3n) is 9.46. The van der Waals surface area contributed by atoms with Gasteiger partial charge in [0.15, 0.2) is 34.6 Å². The molecule has 0 saturated carbocycles. The lowest BCUT2D eigenvalue weighted by Crippen LogP contribution is -2.40. The first-order valence-electron chi connectivity index (χ1n) is 15.2. The van der Waals surface area contributed by atoms with Gasteiger partial charge >= 0.3 is 11.4 Å². The fourth-order valence-electron chi connectivity index (χ4n) is 7.10. The van der Waals surface area contributed by atoms with Crippen LogP contribution in [0, 0.1) is 5.82 Å². The molecule has 14 heteroatoms. The van der Waals surface area contributed by atoms with E-state index in [0.717, 1.165) is 10.6 Å². The van der Waals surface area contributed by atoms with Crippen LogP contribution in [0.15, 0.2) is 79.2 Å². The lowest BCUT2D eigenvalue weighted by atomic mass is 9.68. The van der Waals surface area contributed by atoms with E-state index in [9.17, 15) is 33.5 Å². The molecular formula is C34H30FN5O8. The lowest BCUT2D eigenvalue weighted by Gasteiger charge is -2.39. The van der Waals surface area contributed by atoms with Crippen LogP contribution in [0.3, 0.4) is 0 Å². The molecule has 246 valence electrons. The second-order valence-corrected chi connectivity index (χ2v) is 12.0. The highest BCUT2D eigenvalue weighted by Gasteiger charge is 2.45. The second-order valence-electron chi connectivity index (χ2n) is 12.0. The molecule has 2 aromatic carbocycles. The van der Waals surface area contributed by atoms with Gasteiger partial charge < -0.3 is 19.1 Å². The Balaban J connectivity index is 1.30. The summed E-state index contributed by atoms with van der Waals surface area (Å²) in [5.41, 5.74) is 0.377. The van der Waals surface area contributed by atoms with Gasteiger partial charge in [0.1, 0.15) is 5.69 Å². The van der Waals surface area contributed by atoms with Crippen molar-refractivity contribution < 1.29 is 28.6 Å². The molecule has 7 rings (SSSR count). The molecule has 2 aliphatic carbocycles. The summed E-state index contributed by atoms with van der Waals surface area (Å²) in [5.74, 6) is -2.61. The molecule has 0 radical (unpaired) electrons. The number of methoxy groups -OCH3 is 2. The number of aryl methyl sites for hydroxylation is 2. The fraction of sp³-hybridized carbons (Fsp3) is 0.294. The van der Waals surface area contributed by atoms with Crippen molar-refractivity contribution in [1.82, 2.24) is 23.5 Å². The minimum absolute atomic E-state index is 0.0485. The number of phenols is 1. The third kappa shape index (κ3) is 4.42. The molecule has 48 heavy (non-hydrogen) atoms. The highest BCUT2D eigenvalue weighted by Crippen LogP contribution is 2.51. The monoisotopic (exact) mass is 655 g/mol. The summed E-state index contributed by atoms with van der Waals surface area (Å²) in [6.45, 7) is 1.28. The Morgan fingerprint density at radius 3 is 2.50 bits per heavy atom. The number of phenolic OH excluding ortho intramolecular Hbond substituents is 1. The number of halogens is 1. The average molecular weight is 656 g/mol. The Morgan fingerprint density at radius 2 is 1.77 bits per heavy atom. The Labute approximate surface area is 271 Å². The number of benzene rings is 2. The predicted molar refractivity (Wildman–Crippen MR) is 170 cm³/mol. The average Bonchev–Trinajstić information content (AvgIpc) is 3.32. The maximum atomic E-state index is 14.6. The maximum Gasteiger partial charge on any atom is 0.347 e. The summed E-state index contributed by atoms with van der Waals surface area (Å²) < 4.78 is 30.2. The molecule has 0 saturated heterocycles. The number of hydrogen-bond donors (Lipinski definition) is 1. The number of nitrogens with zero attached hydrogens (tertiary/aromatic N) is 5. The Bertz CT molecular complexity index is 2390. The van der Waals surface area contributed by atoms with Crippen LogP contribution in [0.4, 0.5) is 4.39 Å². The molecule has 2 aromatic heterocycles. The topological polar surface area (TPSA) is 157 Å². The van der Waals surface area contributed by atoms with Gasteiger partial charge in [0.05, 0.1) is 37.8 Å². The Hall–Kier alpha value is -5.79. The third-order valence-corrected chi connectivity index (χ3v) is 9.46. The molecule has 1 aliphatic heterocycles. The van der Waals surface area contributed by atoms with Gasteiger partial charge in [-0.25, -0.2) is 32.9 Å². The van der Waals surface area contributed by atoms with Gasteiger partial charge in [-0.05, 0) is 24.6 Å². The zero-order chi connectivity index (χ0) is 34.2. The van der Waals surface area contributed by atoms with Crippen molar-refractivity contribution in [3.05, 3.63) is 113 Å². The number of carbonyl (C=O) groups excluding carboxylic acids is 2. The summed E-state index contributed by atoms with van der Waals surface area (Å²) in [5, 5.41) is 10.8. The quantitative estimate of drug-likeness (QED) is 0.243. The van der Waals surface area contributed by atoms with Crippen LogP contribution in [0.5, 0.6) is 17.2 Å². The van der Waals surface area contributed by atoms with Gasteiger partial charge in [0, 0.05) is 66.8 Å². The van der Waals surface area contributed by atoms with E-state index in [1.807, 2.05) is 0 Å². The first-order chi connectivity index (χ1) is 23.0. The largest absolute Gasteiger partial charge is 0.505 e. The van der Waals surface area contributed by atoms with Crippen LogP contribution in [-0.2, 0) is 36.1 Å². The molecule has 0 amide bonds. The van der Waals surface area contributed by atoms with Gasteiger partial charge in [-0.15, -0.1) is 0 Å². The number of ketones is 2. The number of rotatable bonds is 6. The van der Waals surface area contributed by atoms with Crippen molar-refractivity contribution in [2.24, 2.45) is 7.05 Å². The summed E-state index contributed by atoms with van der Waals surface area (Å²) in [6.07, 6.45) is 2.79. The molecule has 2 atom stereocenters. The van der Waals surface area contributed by atoms with E-state index in [1.165, 1.54) is 53.3 Å². The smallest absolute Gasteiger partial charge is 0.347 e. The molecule has 3 heterocycles. The van der Waals surface area contributed by atoms with E-state index in [-0.39, 0.29) is 53.9 Å². The Kier molecular flexibility index (Phi) is 7.18. The molecule has 0 unspecified atom stereocenters. The van der Waals surface area contributed by atoms with Gasteiger partial charge in [0.2, 0.25) is 0 Å². The number of fused-ring (bicyclic) bond motifs is 4. The minimum atomic E-state index is -1.03. The zero-order valence-electron chi connectivity index (χ0n) is 26.4. The molecule has 0 fully saturated rings. The molecule has 0 bridgehead atoms. The van der Waals surface area contributed by atoms with E-state index in [1.54, 1.807) is 25.3 Å². The van der Waals surface area contributed by atoms with Crippen LogP contribution < -0.4 is 26.4 Å². The van der Waals surface area contributed by atoms with Gasteiger partial charge in [-0.2, -0.15) is 0 Å². The number of allylic oxidation sites excluding steroid dienone is 6. The number of aromatic nitrogens is 5. The zero-order valence-corrected chi connectivity index (χ0v) is 26.4. The van der Waals surface area contributed by atoms with Crippen LogP contribution >= 0.6 is 0 Å². The number of aromatic hydroxyl groups is 1. The standard InChI is InChI=1S/C34H30FN5O8/c1-16-12-25(41)29-19(30(16)42)13-23-17(28(29)18-6-5-7-20(35)31(18)43)8-11-39-33(45)38(34(46)40(23)39)10-9-21-32(44)37(2)24-15-27(48-4)26(47-3)14-22(24)36-21/h5-8,12,14-15,23,28,43H,9-11,13H2,1-4H3/t23-,28-/m1/s1. The number of carbonyl (C=O) groups is 2. The normalized spacial score (nSPS) is 18.7. The molecule has 3 aliphatic rings. The highest BCUT2D eigenvalue weighted by atomic mass is 19.1. The van der Waals surface area contributed by atoms with E-state index in [4.69, 9.17) is 9.47 Å². The van der Waals surface area contributed by atoms with Crippen LogP contribution in [-0.4, -0.2) is 54.4 Å². The first-order valence-corrected chi connectivity index (χ1v) is 15.2. The van der Waals surface area contributed by atoms with Crippen molar-refractivity contribution in [2.45, 2.75) is 44.8 Å². The molecular weight excluding hydrogens is 625 g/mol. The van der Waals surface area contributed by atoms with E-state index < -0.39 is 52.0 Å². The molecule has 13 nitrogen and oxygen atoms in total. The molecule has 1 N–H and O–H groups in total. The van der Waals surface area contributed by atoms with Crippen molar-refractivity contribution in [3.63, 3.8) is 0 Å². The maximum absolute atomic E-state index is 14.6.